The molecule has 0 unspecified atom stereocenters. The zero-order valence-corrected chi connectivity index (χ0v) is 17.4. The van der Waals surface area contributed by atoms with Crippen molar-refractivity contribution in [2.75, 3.05) is 26.2 Å². The summed E-state index contributed by atoms with van der Waals surface area (Å²) in [7, 11) is 0. The van der Waals surface area contributed by atoms with Crippen LogP contribution in [0.5, 0.6) is 0 Å². The van der Waals surface area contributed by atoms with Crippen LogP contribution in [0.25, 0.3) is 0 Å². The SMILES string of the molecule is Cc1ccccc1CNC(=O)c1coc(CN2CCN(Cc3ccccc3)CC2)n1. The van der Waals surface area contributed by atoms with Gasteiger partial charge in [-0.15, -0.1) is 0 Å². The van der Waals surface area contributed by atoms with Gasteiger partial charge in [0, 0.05) is 39.3 Å². The highest BCUT2D eigenvalue weighted by atomic mass is 16.3. The third-order valence-corrected chi connectivity index (χ3v) is 5.56. The number of nitrogens with zero attached hydrogens (tertiary/aromatic N) is 3. The van der Waals surface area contributed by atoms with Gasteiger partial charge in [-0.05, 0) is 23.6 Å². The largest absolute Gasteiger partial charge is 0.447 e. The Morgan fingerprint density at radius 1 is 0.967 bits per heavy atom. The van der Waals surface area contributed by atoms with E-state index in [1.165, 1.54) is 11.8 Å². The maximum Gasteiger partial charge on any atom is 0.273 e. The number of carbonyl (C=O) groups excluding carboxylic acids is 1. The normalized spacial score (nSPS) is 15.2. The van der Waals surface area contributed by atoms with Gasteiger partial charge in [-0.1, -0.05) is 54.6 Å². The van der Waals surface area contributed by atoms with E-state index in [0.29, 0.717) is 24.7 Å². The minimum absolute atomic E-state index is 0.207. The maximum absolute atomic E-state index is 12.4. The van der Waals surface area contributed by atoms with Gasteiger partial charge < -0.3 is 9.73 Å². The molecule has 1 N–H and O–H groups in total. The Bertz CT molecular complexity index is 962. The molecular formula is C24H28N4O2. The lowest BCUT2D eigenvalue weighted by atomic mass is 10.1. The van der Waals surface area contributed by atoms with Crippen molar-refractivity contribution >= 4 is 5.91 Å². The molecule has 4 rings (SSSR count). The van der Waals surface area contributed by atoms with Crippen LogP contribution in [0.3, 0.4) is 0 Å². The third-order valence-electron chi connectivity index (χ3n) is 5.56. The monoisotopic (exact) mass is 404 g/mol. The lowest BCUT2D eigenvalue weighted by molar-refractivity contribution is 0.0945. The van der Waals surface area contributed by atoms with E-state index in [1.54, 1.807) is 0 Å². The molecule has 30 heavy (non-hydrogen) atoms. The second-order valence-electron chi connectivity index (χ2n) is 7.77. The Morgan fingerprint density at radius 3 is 2.37 bits per heavy atom. The summed E-state index contributed by atoms with van der Waals surface area (Å²) < 4.78 is 5.56. The van der Waals surface area contributed by atoms with Gasteiger partial charge in [-0.2, -0.15) is 0 Å². The third kappa shape index (κ3) is 5.34. The quantitative estimate of drug-likeness (QED) is 0.655. The van der Waals surface area contributed by atoms with Gasteiger partial charge >= 0.3 is 0 Å². The van der Waals surface area contributed by atoms with E-state index in [1.807, 2.05) is 31.2 Å². The molecule has 2 heterocycles. The second-order valence-corrected chi connectivity index (χ2v) is 7.77. The number of rotatable bonds is 7. The molecule has 0 saturated carbocycles. The molecule has 1 saturated heterocycles. The number of carbonyl (C=O) groups is 1. The molecule has 3 aromatic rings. The summed E-state index contributed by atoms with van der Waals surface area (Å²) in [6, 6.07) is 18.6. The topological polar surface area (TPSA) is 61.6 Å². The summed E-state index contributed by atoms with van der Waals surface area (Å²) in [6.45, 7) is 8.09. The smallest absolute Gasteiger partial charge is 0.273 e. The standard InChI is InChI=1S/C24H28N4O2/c1-19-7-5-6-10-21(19)15-25-24(29)22-18-30-23(26-22)17-28-13-11-27(12-14-28)16-20-8-3-2-4-9-20/h2-10,18H,11-17H2,1H3,(H,25,29). The highest BCUT2D eigenvalue weighted by molar-refractivity contribution is 5.91. The van der Waals surface area contributed by atoms with Gasteiger partial charge in [0.05, 0.1) is 6.54 Å². The summed E-state index contributed by atoms with van der Waals surface area (Å²) in [5, 5.41) is 2.92. The lowest BCUT2D eigenvalue weighted by Crippen LogP contribution is -2.45. The Balaban J connectivity index is 1.24. The van der Waals surface area contributed by atoms with Crippen LogP contribution >= 0.6 is 0 Å². The number of amides is 1. The van der Waals surface area contributed by atoms with Crippen LogP contribution < -0.4 is 5.32 Å². The van der Waals surface area contributed by atoms with Crippen molar-refractivity contribution in [2.24, 2.45) is 0 Å². The van der Waals surface area contributed by atoms with E-state index < -0.39 is 0 Å². The highest BCUT2D eigenvalue weighted by Gasteiger charge is 2.20. The number of nitrogens with one attached hydrogen (secondary N) is 1. The lowest BCUT2D eigenvalue weighted by Gasteiger charge is -2.34. The molecule has 0 radical (unpaired) electrons. The molecular weight excluding hydrogens is 376 g/mol. The van der Waals surface area contributed by atoms with Crippen LogP contribution in [0.4, 0.5) is 0 Å². The van der Waals surface area contributed by atoms with Gasteiger partial charge in [0.15, 0.2) is 5.69 Å². The van der Waals surface area contributed by atoms with Gasteiger partial charge in [-0.3, -0.25) is 14.6 Å². The molecule has 0 aliphatic carbocycles. The van der Waals surface area contributed by atoms with E-state index in [9.17, 15) is 4.79 Å². The summed E-state index contributed by atoms with van der Waals surface area (Å²) in [6.07, 6.45) is 1.45. The molecule has 6 nitrogen and oxygen atoms in total. The number of piperazine rings is 1. The van der Waals surface area contributed by atoms with Crippen LogP contribution in [0, 0.1) is 6.92 Å². The molecule has 1 aliphatic heterocycles. The Hall–Kier alpha value is -2.96. The number of benzene rings is 2. The summed E-state index contributed by atoms with van der Waals surface area (Å²) in [5.41, 5.74) is 3.94. The van der Waals surface area contributed by atoms with Crippen LogP contribution in [0.15, 0.2) is 65.3 Å². The minimum Gasteiger partial charge on any atom is -0.447 e. The van der Waals surface area contributed by atoms with Crippen molar-refractivity contribution < 1.29 is 9.21 Å². The van der Waals surface area contributed by atoms with E-state index >= 15 is 0 Å². The second kappa shape index (κ2) is 9.69. The maximum atomic E-state index is 12.4. The van der Waals surface area contributed by atoms with Gasteiger partial charge in [-0.25, -0.2) is 4.98 Å². The number of oxazole rings is 1. The fourth-order valence-corrected chi connectivity index (χ4v) is 3.70. The molecule has 1 amide bonds. The summed E-state index contributed by atoms with van der Waals surface area (Å²) in [4.78, 5) is 21.6. The molecule has 0 spiro atoms. The molecule has 2 aromatic carbocycles. The van der Waals surface area contributed by atoms with Crippen molar-refractivity contribution in [3.8, 4) is 0 Å². The average molecular weight is 405 g/mol. The zero-order chi connectivity index (χ0) is 20.8. The van der Waals surface area contributed by atoms with Crippen molar-refractivity contribution in [3.05, 3.63) is 89.1 Å². The fraction of sp³-hybridized carbons (Fsp3) is 0.333. The fourth-order valence-electron chi connectivity index (χ4n) is 3.70. The Labute approximate surface area is 177 Å². The zero-order valence-electron chi connectivity index (χ0n) is 17.4. The highest BCUT2D eigenvalue weighted by Crippen LogP contribution is 2.12. The summed E-state index contributed by atoms with van der Waals surface area (Å²) in [5.74, 6) is 0.383. The van der Waals surface area contributed by atoms with Crippen molar-refractivity contribution in [1.82, 2.24) is 20.1 Å². The van der Waals surface area contributed by atoms with Crippen LogP contribution in [-0.2, 0) is 19.6 Å². The first-order valence-corrected chi connectivity index (χ1v) is 10.4. The predicted octanol–water partition coefficient (Wildman–Crippen LogP) is 3.23. The van der Waals surface area contributed by atoms with E-state index in [-0.39, 0.29) is 5.91 Å². The molecule has 0 bridgehead atoms. The van der Waals surface area contributed by atoms with Gasteiger partial charge in [0.1, 0.15) is 6.26 Å². The molecule has 6 heteroatoms. The predicted molar refractivity (Wildman–Crippen MR) is 116 cm³/mol. The van der Waals surface area contributed by atoms with Crippen LogP contribution in [0.1, 0.15) is 33.1 Å². The Morgan fingerprint density at radius 2 is 1.63 bits per heavy atom. The van der Waals surface area contributed by atoms with Crippen molar-refractivity contribution in [3.63, 3.8) is 0 Å². The van der Waals surface area contributed by atoms with E-state index in [4.69, 9.17) is 4.42 Å². The number of hydrogen-bond donors (Lipinski definition) is 1. The van der Waals surface area contributed by atoms with Crippen LogP contribution in [-0.4, -0.2) is 46.9 Å². The molecule has 1 fully saturated rings. The molecule has 1 aromatic heterocycles. The average Bonchev–Trinajstić information content (AvgIpc) is 3.24. The van der Waals surface area contributed by atoms with E-state index in [0.717, 1.165) is 43.9 Å². The van der Waals surface area contributed by atoms with Crippen molar-refractivity contribution in [1.29, 1.82) is 0 Å². The minimum atomic E-state index is -0.207. The van der Waals surface area contributed by atoms with Crippen molar-refractivity contribution in [2.45, 2.75) is 26.6 Å². The first-order chi connectivity index (χ1) is 14.7. The number of aryl methyl sites for hydroxylation is 1. The Kier molecular flexibility index (Phi) is 6.57. The molecule has 0 atom stereocenters. The van der Waals surface area contributed by atoms with E-state index in [2.05, 4.69) is 50.4 Å². The number of aromatic nitrogens is 1. The number of hydrogen-bond acceptors (Lipinski definition) is 5. The first-order valence-electron chi connectivity index (χ1n) is 10.4. The summed E-state index contributed by atoms with van der Waals surface area (Å²) >= 11 is 0. The van der Waals surface area contributed by atoms with Crippen LogP contribution in [0.2, 0.25) is 0 Å². The van der Waals surface area contributed by atoms with Gasteiger partial charge in [0.2, 0.25) is 5.89 Å². The first kappa shape index (κ1) is 20.3. The molecule has 1 aliphatic rings. The van der Waals surface area contributed by atoms with Gasteiger partial charge in [0.25, 0.3) is 5.91 Å². The molecule has 156 valence electrons.